The van der Waals surface area contributed by atoms with Gasteiger partial charge in [0.2, 0.25) is 0 Å². The number of phosphoric ester groups is 1. The lowest BCUT2D eigenvalue weighted by molar-refractivity contribution is -0.385. The normalized spacial score (nSPS) is 12.4. The number of unbranched alkanes of at least 4 members (excludes halogenated alkanes) is 30. The van der Waals surface area contributed by atoms with Crippen LogP contribution in [0.2, 0.25) is 0 Å². The molecule has 0 aromatic heterocycles. The van der Waals surface area contributed by atoms with Gasteiger partial charge in [0.1, 0.15) is 23.7 Å². The summed E-state index contributed by atoms with van der Waals surface area (Å²) in [7, 11) is -4.40. The number of nitro benzene ring substituents is 2. The Kier molecular flexibility index (Phi) is 47.4. The third-order valence-corrected chi connectivity index (χ3v) is 14.7. The van der Waals surface area contributed by atoms with Gasteiger partial charge >= 0.3 is 7.82 Å². The highest BCUT2D eigenvalue weighted by molar-refractivity contribution is 7.49. The van der Waals surface area contributed by atoms with E-state index in [1.54, 1.807) is 0 Å². The molecule has 2 atom stereocenters. The lowest BCUT2D eigenvalue weighted by atomic mass is 10.0. The zero-order valence-electron chi connectivity index (χ0n) is 49.9. The molecule has 0 fully saturated rings. The summed E-state index contributed by atoms with van der Waals surface area (Å²) in [6, 6.07) is 9.92. The maximum absolute atomic E-state index is 13.8. The van der Waals surface area contributed by atoms with Crippen LogP contribution < -0.4 is 9.05 Å². The highest BCUT2D eigenvalue weighted by Crippen LogP contribution is 2.50. The number of aliphatic hydroxyl groups excluding tert-OH is 1. The molecule has 16 heteroatoms. The van der Waals surface area contributed by atoms with Gasteiger partial charge in [0.05, 0.1) is 36.3 Å². The minimum atomic E-state index is -4.40. The van der Waals surface area contributed by atoms with E-state index in [-0.39, 0.29) is 54.7 Å². The lowest BCUT2D eigenvalue weighted by Gasteiger charge is -2.23. The van der Waals surface area contributed by atoms with E-state index in [1.807, 2.05) is 13.8 Å². The van der Waals surface area contributed by atoms with Crippen LogP contribution in [0.25, 0.3) is 0 Å². The molecule has 2 aromatic carbocycles. The van der Waals surface area contributed by atoms with Crippen molar-refractivity contribution in [3.8, 4) is 11.5 Å². The molecule has 0 unspecified atom stereocenters. The van der Waals surface area contributed by atoms with Crippen LogP contribution >= 0.6 is 7.82 Å². The summed E-state index contributed by atoms with van der Waals surface area (Å²) in [5.74, 6) is 0.757. The first-order valence-corrected chi connectivity index (χ1v) is 32.4. The summed E-state index contributed by atoms with van der Waals surface area (Å²) in [6.07, 6.45) is 42.2. The summed E-state index contributed by atoms with van der Waals surface area (Å²) in [4.78, 5) is 21.0. The summed E-state index contributed by atoms with van der Waals surface area (Å²) in [5, 5.41) is 31.4. The summed E-state index contributed by atoms with van der Waals surface area (Å²) in [6.45, 7) is 15.9. The van der Waals surface area contributed by atoms with Crippen molar-refractivity contribution in [1.82, 2.24) is 0 Å². The van der Waals surface area contributed by atoms with Crippen molar-refractivity contribution in [3.63, 3.8) is 0 Å². The van der Waals surface area contributed by atoms with Crippen molar-refractivity contribution in [1.29, 1.82) is 0 Å². The number of nitrogens with zero attached hydrogens (tertiary/aromatic N) is 2. The van der Waals surface area contributed by atoms with E-state index in [4.69, 9.17) is 32.5 Å². The second-order valence-electron chi connectivity index (χ2n) is 22.1. The highest BCUT2D eigenvalue weighted by Gasteiger charge is 2.33. The number of nitro groups is 2. The average molecular weight is 1120 g/mol. The summed E-state index contributed by atoms with van der Waals surface area (Å²) >= 11 is 0. The molecule has 15 nitrogen and oxygen atoms in total. The molecule has 0 heterocycles. The molecule has 452 valence electrons. The van der Waals surface area contributed by atoms with Gasteiger partial charge in [-0.15, -0.1) is 0 Å². The number of phosphoric acid groups is 1. The van der Waals surface area contributed by atoms with Crippen LogP contribution in [0, 0.1) is 32.1 Å². The predicted octanol–water partition coefficient (Wildman–Crippen LogP) is 18.7. The molecule has 0 saturated carbocycles. The van der Waals surface area contributed by atoms with E-state index in [9.17, 15) is 29.9 Å². The van der Waals surface area contributed by atoms with Crippen molar-refractivity contribution < 1.29 is 52.0 Å². The summed E-state index contributed by atoms with van der Waals surface area (Å²) in [5.41, 5.74) is -0.346. The molecular formula is C62H111N2O13P. The van der Waals surface area contributed by atoms with Crippen molar-refractivity contribution >= 4 is 19.2 Å². The largest absolute Gasteiger partial charge is 0.587 e. The van der Waals surface area contributed by atoms with Gasteiger partial charge in [-0.3, -0.25) is 24.8 Å². The summed E-state index contributed by atoms with van der Waals surface area (Å²) < 4.78 is 53.9. The molecule has 1 N–H and O–H groups in total. The maximum atomic E-state index is 13.8. The molecule has 0 radical (unpaired) electrons. The van der Waals surface area contributed by atoms with Gasteiger partial charge in [-0.1, -0.05) is 234 Å². The minimum absolute atomic E-state index is 0.0141. The first-order chi connectivity index (χ1) is 37.8. The number of ether oxygens (including phenoxy) is 4. The van der Waals surface area contributed by atoms with Crippen LogP contribution in [0.15, 0.2) is 48.5 Å². The van der Waals surface area contributed by atoms with Crippen LogP contribution in [0.4, 0.5) is 11.4 Å². The molecule has 0 bridgehead atoms. The Balaban J connectivity index is 0.000000921. The van der Waals surface area contributed by atoms with Gasteiger partial charge in [-0.2, -0.15) is 0 Å². The van der Waals surface area contributed by atoms with Gasteiger partial charge < -0.3 is 33.1 Å². The number of benzene rings is 2. The number of hydrogen-bond acceptors (Lipinski definition) is 13. The van der Waals surface area contributed by atoms with E-state index >= 15 is 0 Å². The molecule has 0 aliphatic heterocycles. The van der Waals surface area contributed by atoms with Gasteiger partial charge in [-0.05, 0) is 48.9 Å². The van der Waals surface area contributed by atoms with Gasteiger partial charge in [0.25, 0.3) is 11.4 Å². The second kappa shape index (κ2) is 50.8. The average Bonchev–Trinajstić information content (AvgIpc) is 3.44. The van der Waals surface area contributed by atoms with Gasteiger partial charge in [0.15, 0.2) is 0 Å². The molecular weight excluding hydrogens is 1010 g/mol. The van der Waals surface area contributed by atoms with Crippen molar-refractivity contribution in [3.05, 3.63) is 68.8 Å². The molecule has 0 spiro atoms. The number of aliphatic hydroxyl groups is 1. The molecule has 0 aliphatic carbocycles. The quantitative estimate of drug-likeness (QED) is 0.0285. The smallest absolute Gasteiger partial charge is 0.395 e. The Morgan fingerprint density at radius 3 is 0.987 bits per heavy atom. The third-order valence-electron chi connectivity index (χ3n) is 13.4. The van der Waals surface area contributed by atoms with E-state index in [1.165, 1.54) is 235 Å². The zero-order chi connectivity index (χ0) is 57.2. The fraction of sp³-hybridized carbons (Fsp3) is 0.806. The zero-order valence-corrected chi connectivity index (χ0v) is 50.8. The first kappa shape index (κ1) is 72.8. The Bertz CT molecular complexity index is 1660. The monoisotopic (exact) mass is 1120 g/mol. The fourth-order valence-electron chi connectivity index (χ4n) is 8.65. The van der Waals surface area contributed by atoms with Crippen LogP contribution in [-0.2, 0) is 28.0 Å². The van der Waals surface area contributed by atoms with E-state index < -0.39 is 23.8 Å². The number of hydrogen-bond donors (Lipinski definition) is 1. The third kappa shape index (κ3) is 43.6. The predicted molar refractivity (Wildman–Crippen MR) is 318 cm³/mol. The maximum Gasteiger partial charge on any atom is 0.587 e. The molecule has 2 rings (SSSR count). The Hall–Kier alpha value is -3.17. The van der Waals surface area contributed by atoms with Gasteiger partial charge in [-0.25, -0.2) is 4.57 Å². The van der Waals surface area contributed by atoms with Crippen molar-refractivity contribution in [2.45, 2.75) is 259 Å². The molecule has 0 aliphatic rings. The topological polar surface area (TPSA) is 188 Å². The van der Waals surface area contributed by atoms with E-state index in [2.05, 4.69) is 27.7 Å². The fourth-order valence-corrected chi connectivity index (χ4v) is 9.90. The molecule has 78 heavy (non-hydrogen) atoms. The van der Waals surface area contributed by atoms with Gasteiger partial charge in [0, 0.05) is 50.7 Å². The minimum Gasteiger partial charge on any atom is -0.395 e. The van der Waals surface area contributed by atoms with Crippen LogP contribution in [0.3, 0.4) is 0 Å². The van der Waals surface area contributed by atoms with E-state index in [0.29, 0.717) is 32.3 Å². The van der Waals surface area contributed by atoms with Crippen molar-refractivity contribution in [2.75, 3.05) is 52.9 Å². The van der Waals surface area contributed by atoms with Crippen LogP contribution in [-0.4, -0.2) is 80.0 Å². The lowest BCUT2D eigenvalue weighted by Crippen LogP contribution is -2.28. The molecule has 0 amide bonds. The molecule has 2 aromatic rings. The Morgan fingerprint density at radius 1 is 0.423 bits per heavy atom. The van der Waals surface area contributed by atoms with Crippen LogP contribution in [0.5, 0.6) is 11.5 Å². The second-order valence-corrected chi connectivity index (χ2v) is 23.6. The first-order valence-electron chi connectivity index (χ1n) is 30.9. The standard InChI is InChI=1S/C37H59N2O10P.C25H52O3/c1-4-5-6-7-8-9-10-11-12-13-14-15-16-17-18-19-28-45-30-37(46-29-32(2)3)31-47-50(44,48-35-24-20-33(21-25-35)38(40)41)49-36-26-22-34(23-27-36)39(42)43;1-4-5-6-7-8-9-10-11-12-13-14-15-16-17-18-19-20-27-23-25(21-26)28-22-24(2)3/h20-27,32,37H,4-19,28-31H2,1-3H3;24-26H,4-23H2,1-3H3/t37-;25-/m10/s1. The van der Waals surface area contributed by atoms with Crippen LogP contribution in [0.1, 0.15) is 247 Å². The van der Waals surface area contributed by atoms with E-state index in [0.717, 1.165) is 25.9 Å². The SMILES string of the molecule is CCCCCCCCCCCCCCCCCCOC[C@H](CO)OCC(C)C.CCCCCCCCCCCCCCCCCCOC[C@H](COP(=O)(Oc1ccc([N+](=O)[O-])cc1)Oc1ccc([N+](=O)[O-])cc1)OCC(C)C. The number of non-ortho nitro benzene ring substituents is 2. The molecule has 0 saturated heterocycles. The van der Waals surface area contributed by atoms with Crippen molar-refractivity contribution in [2.24, 2.45) is 11.8 Å². The number of rotatable bonds is 54. The highest BCUT2D eigenvalue weighted by atomic mass is 31.2. The Labute approximate surface area is 473 Å². The Morgan fingerprint density at radius 2 is 0.705 bits per heavy atom.